The number of hydrogen-bond acceptors (Lipinski definition) is 2. The van der Waals surface area contributed by atoms with Crippen molar-refractivity contribution in [3.8, 4) is 0 Å². The molecule has 0 amide bonds. The van der Waals surface area contributed by atoms with Gasteiger partial charge in [-0.1, -0.05) is 37.3 Å². The molecular formula is C11H15NS. The molecule has 1 aromatic carbocycles. The molecule has 0 N–H and O–H groups in total. The molecular weight excluding hydrogens is 178 g/mol. The van der Waals surface area contributed by atoms with Crippen LogP contribution >= 0.6 is 11.8 Å². The summed E-state index contributed by atoms with van der Waals surface area (Å²) in [5, 5.41) is 0.366. The number of nitrogens with zero attached hydrogens (tertiary/aromatic N) is 1. The molecule has 1 atom stereocenters. The van der Waals surface area contributed by atoms with Crippen molar-refractivity contribution in [1.82, 2.24) is 0 Å². The summed E-state index contributed by atoms with van der Waals surface area (Å²) in [6.07, 6.45) is 1.94. The monoisotopic (exact) mass is 193 g/mol. The van der Waals surface area contributed by atoms with Crippen molar-refractivity contribution in [2.75, 3.05) is 5.75 Å². The Kier molecular flexibility index (Phi) is 4.61. The standard InChI is InChI=1S/C11H15NS/c1-3-13-10(2)12-9-11-7-5-4-6-8-11/h4-10H,3H2,1-2H3. The van der Waals surface area contributed by atoms with Crippen molar-refractivity contribution in [3.63, 3.8) is 0 Å². The minimum Gasteiger partial charge on any atom is -0.279 e. The lowest BCUT2D eigenvalue weighted by Gasteiger charge is -2.01. The van der Waals surface area contributed by atoms with Crippen LogP contribution in [-0.4, -0.2) is 17.3 Å². The SMILES string of the molecule is CCSC(C)N=Cc1ccccc1. The molecule has 0 radical (unpaired) electrons. The third-order valence-electron chi connectivity index (χ3n) is 1.64. The fourth-order valence-corrected chi connectivity index (χ4v) is 1.64. The summed E-state index contributed by atoms with van der Waals surface area (Å²) >= 11 is 1.85. The molecule has 1 rings (SSSR count). The molecule has 0 aliphatic rings. The fraction of sp³-hybridized carbons (Fsp3) is 0.364. The molecule has 0 saturated carbocycles. The van der Waals surface area contributed by atoms with Crippen LogP contribution in [0.5, 0.6) is 0 Å². The Morgan fingerprint density at radius 3 is 2.69 bits per heavy atom. The summed E-state index contributed by atoms with van der Waals surface area (Å²) in [6.45, 7) is 4.27. The van der Waals surface area contributed by atoms with E-state index < -0.39 is 0 Å². The van der Waals surface area contributed by atoms with E-state index in [9.17, 15) is 0 Å². The van der Waals surface area contributed by atoms with Gasteiger partial charge in [-0.15, -0.1) is 11.8 Å². The molecule has 13 heavy (non-hydrogen) atoms. The average molecular weight is 193 g/mol. The summed E-state index contributed by atoms with van der Waals surface area (Å²) in [5.41, 5.74) is 1.17. The lowest BCUT2D eigenvalue weighted by Crippen LogP contribution is -1.92. The van der Waals surface area contributed by atoms with Crippen LogP contribution in [0.3, 0.4) is 0 Å². The maximum absolute atomic E-state index is 4.42. The van der Waals surface area contributed by atoms with Crippen molar-refractivity contribution in [1.29, 1.82) is 0 Å². The second kappa shape index (κ2) is 5.81. The van der Waals surface area contributed by atoms with Gasteiger partial charge in [0.1, 0.15) is 0 Å². The Morgan fingerprint density at radius 2 is 2.08 bits per heavy atom. The first-order valence-corrected chi connectivity index (χ1v) is 5.57. The number of rotatable bonds is 4. The second-order valence-corrected chi connectivity index (χ2v) is 4.34. The summed E-state index contributed by atoms with van der Waals surface area (Å²) in [5.74, 6) is 1.12. The molecule has 1 nitrogen and oxygen atoms in total. The van der Waals surface area contributed by atoms with E-state index in [1.807, 2.05) is 36.2 Å². The maximum Gasteiger partial charge on any atom is 0.0923 e. The first-order valence-electron chi connectivity index (χ1n) is 4.52. The van der Waals surface area contributed by atoms with E-state index in [4.69, 9.17) is 0 Å². The van der Waals surface area contributed by atoms with Gasteiger partial charge >= 0.3 is 0 Å². The van der Waals surface area contributed by atoms with Crippen LogP contribution in [0.4, 0.5) is 0 Å². The van der Waals surface area contributed by atoms with E-state index in [-0.39, 0.29) is 0 Å². The van der Waals surface area contributed by atoms with Crippen LogP contribution in [-0.2, 0) is 0 Å². The quantitative estimate of drug-likeness (QED) is 0.669. The highest BCUT2D eigenvalue weighted by Gasteiger charge is 1.94. The van der Waals surface area contributed by atoms with Crippen LogP contribution < -0.4 is 0 Å². The van der Waals surface area contributed by atoms with Crippen molar-refractivity contribution in [2.45, 2.75) is 19.2 Å². The predicted molar refractivity (Wildman–Crippen MR) is 61.6 cm³/mol. The average Bonchev–Trinajstić information content (AvgIpc) is 2.17. The third kappa shape index (κ3) is 4.13. The Balaban J connectivity index is 2.49. The molecule has 2 heteroatoms. The number of benzene rings is 1. The van der Waals surface area contributed by atoms with Crippen LogP contribution in [0.1, 0.15) is 19.4 Å². The Morgan fingerprint density at radius 1 is 1.38 bits per heavy atom. The van der Waals surface area contributed by atoms with Crippen molar-refractivity contribution in [2.24, 2.45) is 4.99 Å². The van der Waals surface area contributed by atoms with Gasteiger partial charge in [0.2, 0.25) is 0 Å². The molecule has 1 aromatic rings. The Labute approximate surface area is 84.3 Å². The zero-order chi connectivity index (χ0) is 9.52. The molecule has 0 aliphatic carbocycles. The smallest absolute Gasteiger partial charge is 0.0923 e. The van der Waals surface area contributed by atoms with Gasteiger partial charge in [-0.2, -0.15) is 0 Å². The summed E-state index contributed by atoms with van der Waals surface area (Å²) in [7, 11) is 0. The highest BCUT2D eigenvalue weighted by molar-refractivity contribution is 7.99. The fourth-order valence-electron chi connectivity index (χ4n) is 1.01. The normalized spacial score (nSPS) is 13.4. The molecule has 0 aromatic heterocycles. The van der Waals surface area contributed by atoms with Crippen LogP contribution in [0.15, 0.2) is 35.3 Å². The lowest BCUT2D eigenvalue weighted by molar-refractivity contribution is 1.05. The lowest BCUT2D eigenvalue weighted by atomic mass is 10.2. The van der Waals surface area contributed by atoms with Gasteiger partial charge in [-0.3, -0.25) is 4.99 Å². The van der Waals surface area contributed by atoms with Crippen LogP contribution in [0.2, 0.25) is 0 Å². The summed E-state index contributed by atoms with van der Waals surface area (Å²) < 4.78 is 0. The number of thioether (sulfide) groups is 1. The molecule has 0 spiro atoms. The Hall–Kier alpha value is -0.760. The summed E-state index contributed by atoms with van der Waals surface area (Å²) in [4.78, 5) is 4.42. The minimum atomic E-state index is 0.366. The van der Waals surface area contributed by atoms with E-state index in [0.717, 1.165) is 5.75 Å². The molecule has 0 fully saturated rings. The molecule has 0 heterocycles. The van der Waals surface area contributed by atoms with Crippen LogP contribution in [0.25, 0.3) is 0 Å². The van der Waals surface area contributed by atoms with E-state index in [0.29, 0.717) is 5.37 Å². The second-order valence-electron chi connectivity index (χ2n) is 2.74. The van der Waals surface area contributed by atoms with Crippen molar-refractivity contribution >= 4 is 18.0 Å². The van der Waals surface area contributed by atoms with Gasteiger partial charge in [0.25, 0.3) is 0 Å². The van der Waals surface area contributed by atoms with Gasteiger partial charge in [0.15, 0.2) is 0 Å². The molecule has 0 bridgehead atoms. The van der Waals surface area contributed by atoms with E-state index in [1.165, 1.54) is 5.56 Å². The molecule has 0 saturated heterocycles. The van der Waals surface area contributed by atoms with Gasteiger partial charge in [0, 0.05) is 6.21 Å². The highest BCUT2D eigenvalue weighted by Crippen LogP contribution is 2.10. The molecule has 0 aliphatic heterocycles. The topological polar surface area (TPSA) is 12.4 Å². The number of hydrogen-bond donors (Lipinski definition) is 0. The number of aliphatic imine (C=N–C) groups is 1. The van der Waals surface area contributed by atoms with E-state index in [2.05, 4.69) is 31.0 Å². The highest BCUT2D eigenvalue weighted by atomic mass is 32.2. The van der Waals surface area contributed by atoms with E-state index in [1.54, 1.807) is 0 Å². The maximum atomic E-state index is 4.42. The third-order valence-corrected chi connectivity index (χ3v) is 2.58. The minimum absolute atomic E-state index is 0.366. The molecule has 70 valence electrons. The van der Waals surface area contributed by atoms with Crippen LogP contribution in [0, 0.1) is 0 Å². The van der Waals surface area contributed by atoms with Crippen molar-refractivity contribution in [3.05, 3.63) is 35.9 Å². The predicted octanol–water partition coefficient (Wildman–Crippen LogP) is 3.20. The van der Waals surface area contributed by atoms with Gasteiger partial charge in [-0.05, 0) is 18.2 Å². The summed E-state index contributed by atoms with van der Waals surface area (Å²) in [6, 6.07) is 10.2. The van der Waals surface area contributed by atoms with Gasteiger partial charge in [0.05, 0.1) is 5.37 Å². The van der Waals surface area contributed by atoms with E-state index >= 15 is 0 Å². The first kappa shape index (κ1) is 10.3. The zero-order valence-corrected chi connectivity index (χ0v) is 8.92. The van der Waals surface area contributed by atoms with Crippen molar-refractivity contribution < 1.29 is 0 Å². The first-order chi connectivity index (χ1) is 6.33. The molecule has 1 unspecified atom stereocenters. The van der Waals surface area contributed by atoms with Gasteiger partial charge in [-0.25, -0.2) is 0 Å². The Bertz CT molecular complexity index is 256. The van der Waals surface area contributed by atoms with Gasteiger partial charge < -0.3 is 0 Å². The largest absolute Gasteiger partial charge is 0.279 e. The zero-order valence-electron chi connectivity index (χ0n) is 8.10.